The minimum absolute atomic E-state index is 0.0889. The van der Waals surface area contributed by atoms with Crippen LogP contribution in [0.2, 0.25) is 0 Å². The lowest BCUT2D eigenvalue weighted by molar-refractivity contribution is -0.131. The van der Waals surface area contributed by atoms with Gasteiger partial charge in [-0.15, -0.1) is 11.3 Å². The largest absolute Gasteiger partial charge is 0.423 e. The Kier molecular flexibility index (Phi) is 4.99. The number of nitrogens with zero attached hydrogens (tertiary/aromatic N) is 1. The Balaban J connectivity index is 1.70. The summed E-state index contributed by atoms with van der Waals surface area (Å²) < 4.78 is 6.09. The van der Waals surface area contributed by atoms with E-state index in [9.17, 15) is 19.2 Å². The van der Waals surface area contributed by atoms with Crippen molar-refractivity contribution in [2.24, 2.45) is 0 Å². The van der Waals surface area contributed by atoms with Crippen LogP contribution in [0.5, 0.6) is 0 Å². The number of carbonyl (C=O) groups is 3. The van der Waals surface area contributed by atoms with Gasteiger partial charge in [0.25, 0.3) is 5.91 Å². The van der Waals surface area contributed by atoms with Crippen molar-refractivity contribution in [1.29, 1.82) is 0 Å². The van der Waals surface area contributed by atoms with Gasteiger partial charge in [-0.2, -0.15) is 0 Å². The SMILES string of the molecule is CC(=O)Nc1ccc2c(CN3C(=O)NC(C)(c4ccc(Br)s4)C3=O)cc(=O)oc2c1. The molecule has 3 heterocycles. The highest BCUT2D eigenvalue weighted by molar-refractivity contribution is 9.11. The number of fused-ring (bicyclic) bond motifs is 1. The quantitative estimate of drug-likeness (QED) is 0.430. The summed E-state index contributed by atoms with van der Waals surface area (Å²) in [6, 6.07) is 9.18. The number of nitrogens with one attached hydrogen (secondary N) is 2. The van der Waals surface area contributed by atoms with Crippen molar-refractivity contribution in [1.82, 2.24) is 10.2 Å². The third-order valence-electron chi connectivity index (χ3n) is 4.82. The van der Waals surface area contributed by atoms with Crippen molar-refractivity contribution < 1.29 is 18.8 Å². The molecule has 2 N–H and O–H groups in total. The van der Waals surface area contributed by atoms with Gasteiger partial charge in [0.2, 0.25) is 5.91 Å². The van der Waals surface area contributed by atoms with Crippen LogP contribution >= 0.6 is 27.3 Å². The van der Waals surface area contributed by atoms with Gasteiger partial charge in [-0.25, -0.2) is 9.59 Å². The van der Waals surface area contributed by atoms with E-state index in [0.29, 0.717) is 21.5 Å². The molecular formula is C20H16BrN3O5S. The van der Waals surface area contributed by atoms with Crippen LogP contribution in [0.3, 0.4) is 0 Å². The van der Waals surface area contributed by atoms with Crippen LogP contribution in [-0.4, -0.2) is 22.7 Å². The normalized spacial score (nSPS) is 18.7. The molecule has 1 saturated heterocycles. The molecule has 1 aromatic carbocycles. The van der Waals surface area contributed by atoms with E-state index in [-0.39, 0.29) is 18.0 Å². The number of benzene rings is 1. The zero-order valence-corrected chi connectivity index (χ0v) is 18.3. The van der Waals surface area contributed by atoms with Gasteiger partial charge in [-0.1, -0.05) is 0 Å². The molecule has 0 aliphatic carbocycles. The molecule has 30 heavy (non-hydrogen) atoms. The second kappa shape index (κ2) is 7.37. The Bertz CT molecular complexity index is 1270. The second-order valence-electron chi connectivity index (χ2n) is 7.03. The van der Waals surface area contributed by atoms with Gasteiger partial charge < -0.3 is 15.1 Å². The minimum Gasteiger partial charge on any atom is -0.423 e. The van der Waals surface area contributed by atoms with Crippen molar-refractivity contribution in [3.63, 3.8) is 0 Å². The van der Waals surface area contributed by atoms with Crippen LogP contribution in [0.4, 0.5) is 10.5 Å². The van der Waals surface area contributed by atoms with Gasteiger partial charge in [0.15, 0.2) is 5.54 Å². The standard InChI is InChI=1S/C20H16BrN3O5S/c1-10(25)22-12-3-4-13-11(7-17(26)29-14(13)8-12)9-24-18(27)20(2,23-19(24)28)15-5-6-16(21)30-15/h3-8H,9H2,1-2H3,(H,22,25)(H,23,28). The zero-order valence-electron chi connectivity index (χ0n) is 15.9. The third kappa shape index (κ3) is 3.52. The van der Waals surface area contributed by atoms with E-state index < -0.39 is 23.1 Å². The molecule has 3 aromatic rings. The highest BCUT2D eigenvalue weighted by Crippen LogP contribution is 2.36. The Labute approximate surface area is 183 Å². The number of amides is 4. The lowest BCUT2D eigenvalue weighted by Gasteiger charge is -2.20. The number of hydrogen-bond donors (Lipinski definition) is 2. The number of rotatable bonds is 4. The molecular weight excluding hydrogens is 474 g/mol. The van der Waals surface area contributed by atoms with Gasteiger partial charge in [0.1, 0.15) is 5.58 Å². The zero-order chi connectivity index (χ0) is 21.6. The molecule has 10 heteroatoms. The Morgan fingerprint density at radius 2 is 2.00 bits per heavy atom. The smallest absolute Gasteiger partial charge is 0.336 e. The number of hydrogen-bond acceptors (Lipinski definition) is 6. The van der Waals surface area contributed by atoms with Crippen LogP contribution in [0, 0.1) is 0 Å². The van der Waals surface area contributed by atoms with E-state index in [4.69, 9.17) is 4.42 Å². The fourth-order valence-electron chi connectivity index (χ4n) is 3.40. The maximum Gasteiger partial charge on any atom is 0.336 e. The predicted molar refractivity (Wildman–Crippen MR) is 115 cm³/mol. The first-order chi connectivity index (χ1) is 14.2. The first-order valence-electron chi connectivity index (χ1n) is 8.92. The van der Waals surface area contributed by atoms with Crippen molar-refractivity contribution in [2.75, 3.05) is 5.32 Å². The average Bonchev–Trinajstić information content (AvgIpc) is 3.19. The molecule has 0 radical (unpaired) electrons. The maximum absolute atomic E-state index is 13.1. The topological polar surface area (TPSA) is 109 Å². The van der Waals surface area contributed by atoms with E-state index in [1.807, 2.05) is 6.07 Å². The molecule has 2 aromatic heterocycles. The monoisotopic (exact) mass is 489 g/mol. The Hall–Kier alpha value is -2.98. The van der Waals surface area contributed by atoms with E-state index in [2.05, 4.69) is 26.6 Å². The summed E-state index contributed by atoms with van der Waals surface area (Å²) >= 11 is 4.74. The lowest BCUT2D eigenvalue weighted by Crippen LogP contribution is -2.40. The molecule has 154 valence electrons. The fraction of sp³-hybridized carbons (Fsp3) is 0.200. The van der Waals surface area contributed by atoms with Crippen LogP contribution in [0.1, 0.15) is 24.3 Å². The number of halogens is 1. The van der Waals surface area contributed by atoms with E-state index in [0.717, 1.165) is 8.69 Å². The van der Waals surface area contributed by atoms with E-state index >= 15 is 0 Å². The molecule has 1 aliphatic rings. The van der Waals surface area contributed by atoms with Gasteiger partial charge in [0.05, 0.1) is 10.3 Å². The molecule has 1 aliphatic heterocycles. The van der Waals surface area contributed by atoms with Crippen LogP contribution in [-0.2, 0) is 21.7 Å². The number of thiophene rings is 1. The molecule has 1 fully saturated rings. The number of imide groups is 1. The highest BCUT2D eigenvalue weighted by Gasteiger charge is 2.49. The summed E-state index contributed by atoms with van der Waals surface area (Å²) in [6.45, 7) is 2.94. The van der Waals surface area contributed by atoms with E-state index in [1.54, 1.807) is 25.1 Å². The molecule has 1 atom stereocenters. The summed E-state index contributed by atoms with van der Waals surface area (Å²) in [6.07, 6.45) is 0. The first-order valence-corrected chi connectivity index (χ1v) is 10.5. The minimum atomic E-state index is -1.18. The first kappa shape index (κ1) is 20.3. The maximum atomic E-state index is 13.1. The Morgan fingerprint density at radius 3 is 2.67 bits per heavy atom. The van der Waals surface area contributed by atoms with Crippen LogP contribution in [0.15, 0.2) is 49.4 Å². The van der Waals surface area contributed by atoms with Gasteiger partial charge in [-0.05, 0) is 52.7 Å². The van der Waals surface area contributed by atoms with E-state index in [1.165, 1.54) is 30.4 Å². The molecule has 1 unspecified atom stereocenters. The highest BCUT2D eigenvalue weighted by atomic mass is 79.9. The second-order valence-corrected chi connectivity index (χ2v) is 9.50. The van der Waals surface area contributed by atoms with Crippen LogP contribution < -0.4 is 16.3 Å². The van der Waals surface area contributed by atoms with Crippen molar-refractivity contribution in [3.05, 3.63) is 61.0 Å². The Morgan fingerprint density at radius 1 is 1.23 bits per heavy atom. The van der Waals surface area contributed by atoms with Crippen molar-refractivity contribution in [2.45, 2.75) is 25.9 Å². The molecule has 4 amide bonds. The predicted octanol–water partition coefficient (Wildman–Crippen LogP) is 3.54. The number of anilines is 1. The molecule has 0 bridgehead atoms. The van der Waals surface area contributed by atoms with Gasteiger partial charge >= 0.3 is 11.7 Å². The average molecular weight is 490 g/mol. The van der Waals surface area contributed by atoms with Crippen LogP contribution in [0.25, 0.3) is 11.0 Å². The lowest BCUT2D eigenvalue weighted by atomic mass is 10.0. The van der Waals surface area contributed by atoms with Gasteiger partial charge in [-0.3, -0.25) is 14.5 Å². The third-order valence-corrected chi connectivity index (χ3v) is 6.67. The molecule has 0 saturated carbocycles. The summed E-state index contributed by atoms with van der Waals surface area (Å²) in [5.41, 5.74) is -0.603. The summed E-state index contributed by atoms with van der Waals surface area (Å²) in [5, 5.41) is 5.94. The fourth-order valence-corrected chi connectivity index (χ4v) is 4.88. The van der Waals surface area contributed by atoms with Gasteiger partial charge in [0, 0.05) is 35.0 Å². The summed E-state index contributed by atoms with van der Waals surface area (Å²) in [7, 11) is 0. The summed E-state index contributed by atoms with van der Waals surface area (Å²) in [4.78, 5) is 50.9. The molecule has 8 nitrogen and oxygen atoms in total. The number of urea groups is 1. The molecule has 4 rings (SSSR count). The van der Waals surface area contributed by atoms with Crippen molar-refractivity contribution in [3.8, 4) is 0 Å². The van der Waals surface area contributed by atoms with Crippen molar-refractivity contribution >= 4 is 61.8 Å². The number of carbonyl (C=O) groups excluding carboxylic acids is 3. The summed E-state index contributed by atoms with van der Waals surface area (Å²) in [5.74, 6) is -0.662. The molecule has 0 spiro atoms.